The van der Waals surface area contributed by atoms with Gasteiger partial charge in [0.25, 0.3) is 0 Å². The number of H-pyrrole nitrogens is 1. The highest BCUT2D eigenvalue weighted by Crippen LogP contribution is 2.66. The molecule has 2 saturated carbocycles. The van der Waals surface area contributed by atoms with Crippen molar-refractivity contribution in [2.24, 2.45) is 17.8 Å². The van der Waals surface area contributed by atoms with E-state index in [1.165, 1.54) is 22.3 Å². The minimum Gasteiger partial charge on any atom is -0.457 e. The van der Waals surface area contributed by atoms with E-state index in [9.17, 15) is 14.4 Å². The van der Waals surface area contributed by atoms with Crippen molar-refractivity contribution < 1.29 is 23.9 Å². The van der Waals surface area contributed by atoms with Crippen molar-refractivity contribution in [3.8, 4) is 23.0 Å². The molecule has 6 N–H and O–H groups in total. The normalized spacial score (nSPS) is 22.7. The minimum absolute atomic E-state index is 0.00563. The number of pyridine rings is 2. The second kappa shape index (κ2) is 14.5. The number of anilines is 4. The Morgan fingerprint density at radius 2 is 1.27 bits per heavy atom. The fraction of sp³-hybridized carbons (Fsp3) is 0.240. The molecule has 6 aliphatic rings. The lowest BCUT2D eigenvalue weighted by Crippen LogP contribution is -2.20. The van der Waals surface area contributed by atoms with Crippen molar-refractivity contribution in [3.63, 3.8) is 0 Å². The zero-order valence-corrected chi connectivity index (χ0v) is 34.1. The van der Waals surface area contributed by atoms with E-state index in [0.717, 1.165) is 58.1 Å². The maximum absolute atomic E-state index is 12.9. The summed E-state index contributed by atoms with van der Waals surface area (Å²) in [5, 5.41) is 8.62. The van der Waals surface area contributed by atoms with E-state index >= 15 is 0 Å². The fourth-order valence-electron chi connectivity index (χ4n) is 10.5. The molecular formula is C50H42N8O5. The number of aromatic amines is 1. The first-order valence-electron chi connectivity index (χ1n) is 21.6. The average Bonchev–Trinajstić information content (AvgIpc) is 3.98. The summed E-state index contributed by atoms with van der Waals surface area (Å²) in [5.41, 5.74) is 16.5. The molecule has 4 aliphatic carbocycles. The number of nitrogens with one attached hydrogen (secondary N) is 4. The van der Waals surface area contributed by atoms with Crippen molar-refractivity contribution in [3.05, 3.63) is 149 Å². The summed E-state index contributed by atoms with van der Waals surface area (Å²) in [4.78, 5) is 53.1. The Labute approximate surface area is 361 Å². The molecule has 0 bridgehead atoms. The maximum Gasteiger partial charge on any atom is 0.228 e. The summed E-state index contributed by atoms with van der Waals surface area (Å²) in [6.45, 7) is 0. The van der Waals surface area contributed by atoms with Crippen LogP contribution in [0.2, 0.25) is 0 Å². The van der Waals surface area contributed by atoms with Crippen LogP contribution in [0.5, 0.6) is 23.0 Å². The molecule has 63 heavy (non-hydrogen) atoms. The average molecular weight is 835 g/mol. The Hall–Kier alpha value is -7.54. The molecule has 3 amide bonds. The van der Waals surface area contributed by atoms with Gasteiger partial charge >= 0.3 is 0 Å². The molecule has 0 radical (unpaired) electrons. The predicted octanol–water partition coefficient (Wildman–Crippen LogP) is 8.55. The molecule has 2 fully saturated rings. The van der Waals surface area contributed by atoms with E-state index in [2.05, 4.69) is 67.3 Å². The lowest BCUT2D eigenvalue weighted by atomic mass is 10.0. The summed E-state index contributed by atoms with van der Waals surface area (Å²) in [6.07, 6.45) is 7.45. The lowest BCUT2D eigenvalue weighted by Gasteiger charge is -2.19. The van der Waals surface area contributed by atoms with Crippen LogP contribution in [0.25, 0.3) is 11.0 Å². The van der Waals surface area contributed by atoms with Gasteiger partial charge in [0.15, 0.2) is 0 Å². The summed E-state index contributed by atoms with van der Waals surface area (Å²) in [6, 6.07) is 31.8. The first kappa shape index (κ1) is 37.2. The van der Waals surface area contributed by atoms with Crippen LogP contribution >= 0.6 is 0 Å². The Kier molecular flexibility index (Phi) is 8.60. The van der Waals surface area contributed by atoms with Crippen LogP contribution in [0, 0.1) is 17.8 Å². The molecule has 7 aromatic rings. The summed E-state index contributed by atoms with van der Waals surface area (Å²) in [7, 11) is 0. The highest BCUT2D eigenvalue weighted by molar-refractivity contribution is 5.98. The zero-order valence-electron chi connectivity index (χ0n) is 34.1. The Bertz CT molecular complexity index is 3020. The molecular weight excluding hydrogens is 793 g/mol. The third-order valence-electron chi connectivity index (χ3n) is 13.6. The smallest absolute Gasteiger partial charge is 0.228 e. The van der Waals surface area contributed by atoms with Gasteiger partial charge in [-0.15, -0.1) is 0 Å². The van der Waals surface area contributed by atoms with Crippen LogP contribution in [0.3, 0.4) is 0 Å². The molecule has 5 heterocycles. The molecule has 4 aromatic carbocycles. The van der Waals surface area contributed by atoms with Gasteiger partial charge in [0.1, 0.15) is 40.5 Å². The maximum atomic E-state index is 12.9. The number of nitrogens with zero attached hydrogens (tertiary/aromatic N) is 3. The molecule has 6 atom stereocenters. The molecule has 0 saturated heterocycles. The van der Waals surface area contributed by atoms with Gasteiger partial charge in [-0.2, -0.15) is 0 Å². The Morgan fingerprint density at radius 1 is 0.667 bits per heavy atom. The van der Waals surface area contributed by atoms with E-state index in [4.69, 9.17) is 20.2 Å². The predicted molar refractivity (Wildman–Crippen MR) is 237 cm³/mol. The van der Waals surface area contributed by atoms with Gasteiger partial charge in [0, 0.05) is 54.1 Å². The number of hydrogen-bond donors (Lipinski definition) is 5. The number of aromatic nitrogens is 4. The Morgan fingerprint density at radius 3 is 1.92 bits per heavy atom. The van der Waals surface area contributed by atoms with E-state index in [-0.39, 0.29) is 29.6 Å². The van der Waals surface area contributed by atoms with Gasteiger partial charge in [-0.1, -0.05) is 36.4 Å². The second-order valence-electron chi connectivity index (χ2n) is 17.3. The number of imidazole rings is 1. The van der Waals surface area contributed by atoms with Gasteiger partial charge in [0.2, 0.25) is 17.7 Å². The van der Waals surface area contributed by atoms with E-state index in [1.54, 1.807) is 18.5 Å². The first-order valence-corrected chi connectivity index (χ1v) is 21.6. The number of rotatable bonds is 7. The van der Waals surface area contributed by atoms with E-state index in [0.29, 0.717) is 78.1 Å². The number of nitrogen functional groups attached to an aromatic ring is 1. The third kappa shape index (κ3) is 6.62. The SMILES string of the molecule is Nc1ccccc1NC(=O)C1C2Cc3ccc(Oc4ccnc5c4CCC(=O)N5)cc3C21.O=C1CCc2c(Oc3ccc4c(c3)C3C(C4)C3c3nc4ccccc4[nH]3)ccnc2N1. The number of ether oxygens (including phenoxy) is 2. The van der Waals surface area contributed by atoms with Crippen LogP contribution in [0.4, 0.5) is 23.0 Å². The monoisotopic (exact) mass is 834 g/mol. The molecule has 13 nitrogen and oxygen atoms in total. The molecule has 3 aromatic heterocycles. The number of nitrogens with two attached hydrogens (primary N) is 1. The largest absolute Gasteiger partial charge is 0.457 e. The quantitative estimate of drug-likeness (QED) is 0.0982. The molecule has 2 aliphatic heterocycles. The number of hydrogen-bond acceptors (Lipinski definition) is 9. The topological polar surface area (TPSA) is 186 Å². The van der Waals surface area contributed by atoms with Gasteiger partial charge in [-0.25, -0.2) is 15.0 Å². The Balaban J connectivity index is 0.000000134. The fourth-order valence-corrected chi connectivity index (χ4v) is 10.5. The zero-order chi connectivity index (χ0) is 42.3. The van der Waals surface area contributed by atoms with Crippen LogP contribution in [0.15, 0.2) is 109 Å². The van der Waals surface area contributed by atoms with Gasteiger partial charge in [-0.05, 0) is 126 Å². The number of fused-ring (bicyclic) bond motifs is 9. The molecule has 13 rings (SSSR count). The van der Waals surface area contributed by atoms with Crippen molar-refractivity contribution in [2.45, 2.75) is 56.3 Å². The third-order valence-corrected chi connectivity index (χ3v) is 13.6. The van der Waals surface area contributed by atoms with Crippen LogP contribution in [0.1, 0.15) is 69.8 Å². The number of carbonyl (C=O) groups excluding carboxylic acids is 3. The van der Waals surface area contributed by atoms with Gasteiger partial charge in [-0.3, -0.25) is 14.4 Å². The number of carbonyl (C=O) groups is 3. The molecule has 0 spiro atoms. The van der Waals surface area contributed by atoms with E-state index in [1.807, 2.05) is 54.6 Å². The number of amides is 3. The van der Waals surface area contributed by atoms with Crippen molar-refractivity contribution in [2.75, 3.05) is 21.7 Å². The first-order chi connectivity index (χ1) is 30.8. The second-order valence-corrected chi connectivity index (χ2v) is 17.3. The van der Waals surface area contributed by atoms with Crippen molar-refractivity contribution >= 4 is 51.8 Å². The van der Waals surface area contributed by atoms with Crippen LogP contribution in [-0.4, -0.2) is 37.7 Å². The van der Waals surface area contributed by atoms with Crippen LogP contribution < -0.4 is 31.2 Å². The molecule has 13 heteroatoms. The number of para-hydroxylation sites is 4. The molecule has 6 unspecified atom stereocenters. The summed E-state index contributed by atoms with van der Waals surface area (Å²) in [5.74, 6) is 7.40. The van der Waals surface area contributed by atoms with Crippen molar-refractivity contribution in [1.82, 2.24) is 19.9 Å². The van der Waals surface area contributed by atoms with Gasteiger partial charge in [0.05, 0.1) is 22.4 Å². The molecule has 312 valence electrons. The van der Waals surface area contributed by atoms with Crippen molar-refractivity contribution in [1.29, 1.82) is 0 Å². The standard InChI is InChI=1S/C25H22N4O3.C25H20N4O2/c26-18-3-1-2-4-19(18)28-25(31)23-17-11-13-5-6-14(12-16(13)22(17)23)32-20-9-10-27-24-15(20)7-8-21(30)29-24;30-21-8-7-15-20(9-10-26-24(15)29-21)31-14-6-5-13-11-17-22(16(13)12-14)23(17)25-27-18-3-1-2-4-19(18)28-25/h1-6,9-10,12,17,22-23H,7-8,11,26H2,(H,28,31)(H,27,29,30);1-6,9-10,12,17,22-23H,7-8,11H2,(H,27,28)(H,26,29,30). The van der Waals surface area contributed by atoms with Gasteiger partial charge < -0.3 is 36.1 Å². The highest BCUT2D eigenvalue weighted by atomic mass is 16.5. The lowest BCUT2D eigenvalue weighted by molar-refractivity contribution is -0.118. The number of benzene rings is 4. The summed E-state index contributed by atoms with van der Waals surface area (Å²) >= 11 is 0. The van der Waals surface area contributed by atoms with E-state index < -0.39 is 0 Å². The highest BCUT2D eigenvalue weighted by Gasteiger charge is 2.60. The summed E-state index contributed by atoms with van der Waals surface area (Å²) < 4.78 is 12.5. The van der Waals surface area contributed by atoms with Crippen LogP contribution in [-0.2, 0) is 40.1 Å². The minimum atomic E-state index is -0.0405.